The van der Waals surface area contributed by atoms with Crippen LogP contribution in [0.15, 0.2) is 47.4 Å². The lowest BCUT2D eigenvalue weighted by molar-refractivity contribution is -0.124. The molecule has 7 nitrogen and oxygen atoms in total. The van der Waals surface area contributed by atoms with Gasteiger partial charge in [0.1, 0.15) is 4.90 Å². The fraction of sp³-hybridized carbons (Fsp3) is 0.364. The second-order valence-electron chi connectivity index (χ2n) is 7.43. The fourth-order valence-corrected chi connectivity index (χ4v) is 5.55. The van der Waals surface area contributed by atoms with E-state index in [0.717, 1.165) is 18.4 Å². The first-order valence-electron chi connectivity index (χ1n) is 10.1. The molecule has 9 heteroatoms. The maximum absolute atomic E-state index is 13.3. The van der Waals surface area contributed by atoms with Gasteiger partial charge in [0.2, 0.25) is 0 Å². The monoisotopic (exact) mass is 464 g/mol. The lowest BCUT2D eigenvalue weighted by Crippen LogP contribution is -2.35. The van der Waals surface area contributed by atoms with Gasteiger partial charge in [-0.25, -0.2) is 13.2 Å². The molecule has 0 fully saturated rings. The van der Waals surface area contributed by atoms with Crippen LogP contribution in [0.25, 0.3) is 0 Å². The van der Waals surface area contributed by atoms with Crippen LogP contribution in [-0.2, 0) is 26.0 Å². The molecular formula is C22H25ClN2O5S. The summed E-state index contributed by atoms with van der Waals surface area (Å²) in [5, 5.41) is 2.75. The maximum atomic E-state index is 13.3. The number of hydrogen-bond donors (Lipinski definition) is 1. The molecule has 0 aliphatic carbocycles. The van der Waals surface area contributed by atoms with Gasteiger partial charge in [-0.3, -0.25) is 9.10 Å². The first kappa shape index (κ1) is 23.1. The number of sulfonamides is 1. The molecule has 0 saturated carbocycles. The van der Waals surface area contributed by atoms with Gasteiger partial charge < -0.3 is 10.1 Å². The zero-order valence-corrected chi connectivity index (χ0v) is 19.0. The molecule has 0 saturated heterocycles. The van der Waals surface area contributed by atoms with Gasteiger partial charge in [-0.2, -0.15) is 0 Å². The number of hydrogen-bond acceptors (Lipinski definition) is 5. The molecule has 0 radical (unpaired) electrons. The number of nitrogens with zero attached hydrogens (tertiary/aromatic N) is 1. The normalized spacial score (nSPS) is 14.1. The van der Waals surface area contributed by atoms with Crippen LogP contribution in [0.4, 0.5) is 5.69 Å². The average Bonchev–Trinajstić information content (AvgIpc) is 3.17. The van der Waals surface area contributed by atoms with Crippen molar-refractivity contribution >= 4 is 39.2 Å². The number of halogens is 1. The fourth-order valence-electron chi connectivity index (χ4n) is 3.54. The van der Waals surface area contributed by atoms with E-state index in [0.29, 0.717) is 18.7 Å². The van der Waals surface area contributed by atoms with E-state index in [1.54, 1.807) is 12.1 Å². The summed E-state index contributed by atoms with van der Waals surface area (Å²) in [6.45, 7) is 3.73. The van der Waals surface area contributed by atoms with Gasteiger partial charge in [-0.15, -0.1) is 0 Å². The molecule has 2 aromatic carbocycles. The van der Waals surface area contributed by atoms with Gasteiger partial charge in [-0.05, 0) is 49.6 Å². The minimum atomic E-state index is -3.98. The van der Waals surface area contributed by atoms with Crippen LogP contribution in [0.3, 0.4) is 0 Å². The molecule has 0 unspecified atom stereocenters. The lowest BCUT2D eigenvalue weighted by atomic mass is 10.2. The number of carbonyl (C=O) groups is 2. The van der Waals surface area contributed by atoms with Crippen molar-refractivity contribution in [3.05, 3.63) is 58.6 Å². The standard InChI is InChI=1S/C22H25ClN2O5S/c1-3-6-15(2)24-21(26)14-30-22(27)17-9-10-18(23)20(13-17)31(28,29)25-12-11-16-7-4-5-8-19(16)25/h4-5,7-10,13,15H,3,6,11-12,14H2,1-2H3,(H,24,26)/t15-/m1/s1. The Morgan fingerprint density at radius 2 is 1.97 bits per heavy atom. The number of fused-ring (bicyclic) bond motifs is 1. The highest BCUT2D eigenvalue weighted by molar-refractivity contribution is 7.93. The van der Waals surface area contributed by atoms with Crippen LogP contribution in [0, 0.1) is 0 Å². The van der Waals surface area contributed by atoms with Crippen molar-refractivity contribution < 1.29 is 22.7 Å². The quantitative estimate of drug-likeness (QED) is 0.603. The predicted molar refractivity (Wildman–Crippen MR) is 119 cm³/mol. The summed E-state index contributed by atoms with van der Waals surface area (Å²) >= 11 is 6.18. The van der Waals surface area contributed by atoms with Crippen molar-refractivity contribution in [1.82, 2.24) is 5.32 Å². The SMILES string of the molecule is CCC[C@@H](C)NC(=O)COC(=O)c1ccc(Cl)c(S(=O)(=O)N2CCc3ccccc32)c1. The third-order valence-corrected chi connectivity index (χ3v) is 7.34. The molecule has 166 valence electrons. The van der Waals surface area contributed by atoms with Crippen molar-refractivity contribution in [3.8, 4) is 0 Å². The summed E-state index contributed by atoms with van der Waals surface area (Å²) in [6, 6.07) is 11.1. The van der Waals surface area contributed by atoms with E-state index >= 15 is 0 Å². The van der Waals surface area contributed by atoms with Crippen LogP contribution in [0.1, 0.15) is 42.6 Å². The van der Waals surface area contributed by atoms with E-state index in [9.17, 15) is 18.0 Å². The number of nitrogens with one attached hydrogen (secondary N) is 1. The Balaban J connectivity index is 1.76. The number of ether oxygens (including phenoxy) is 1. The number of amides is 1. The van der Waals surface area contributed by atoms with Crippen LogP contribution < -0.4 is 9.62 Å². The third kappa shape index (κ3) is 5.19. The minimum Gasteiger partial charge on any atom is -0.452 e. The lowest BCUT2D eigenvalue weighted by Gasteiger charge is -2.20. The van der Waals surface area contributed by atoms with Crippen molar-refractivity contribution in [3.63, 3.8) is 0 Å². The number of rotatable bonds is 8. The second-order valence-corrected chi connectivity index (χ2v) is 9.67. The van der Waals surface area contributed by atoms with E-state index in [4.69, 9.17) is 16.3 Å². The van der Waals surface area contributed by atoms with Crippen LogP contribution in [-0.4, -0.2) is 39.5 Å². The average molecular weight is 465 g/mol. The van der Waals surface area contributed by atoms with Gasteiger partial charge in [0.15, 0.2) is 6.61 Å². The summed E-state index contributed by atoms with van der Waals surface area (Å²) in [5.74, 6) is -1.21. The molecule has 0 aromatic heterocycles. The molecule has 1 atom stereocenters. The van der Waals surface area contributed by atoms with Gasteiger partial charge in [0.25, 0.3) is 15.9 Å². The van der Waals surface area contributed by atoms with Gasteiger partial charge in [0, 0.05) is 12.6 Å². The summed E-state index contributed by atoms with van der Waals surface area (Å²) < 4.78 is 32.9. The molecule has 1 amide bonds. The van der Waals surface area contributed by atoms with Gasteiger partial charge >= 0.3 is 5.97 Å². The zero-order chi connectivity index (χ0) is 22.6. The highest BCUT2D eigenvalue weighted by atomic mass is 35.5. The molecule has 1 heterocycles. The summed E-state index contributed by atoms with van der Waals surface area (Å²) in [7, 11) is -3.98. The molecule has 1 N–H and O–H groups in total. The summed E-state index contributed by atoms with van der Waals surface area (Å²) in [5.41, 5.74) is 1.54. The largest absolute Gasteiger partial charge is 0.452 e. The predicted octanol–water partition coefficient (Wildman–Crippen LogP) is 3.55. The van der Waals surface area contributed by atoms with E-state index in [1.165, 1.54) is 22.5 Å². The van der Waals surface area contributed by atoms with Gasteiger partial charge in [0.05, 0.1) is 16.3 Å². The molecule has 2 aromatic rings. The maximum Gasteiger partial charge on any atom is 0.338 e. The van der Waals surface area contributed by atoms with Crippen molar-refractivity contribution in [2.75, 3.05) is 17.5 Å². The van der Waals surface area contributed by atoms with Crippen LogP contribution >= 0.6 is 11.6 Å². The molecule has 1 aliphatic heterocycles. The van der Waals surface area contributed by atoms with E-state index < -0.39 is 28.5 Å². The van der Waals surface area contributed by atoms with Gasteiger partial charge in [-0.1, -0.05) is 43.1 Å². The third-order valence-electron chi connectivity index (χ3n) is 5.04. The molecule has 0 bridgehead atoms. The number of esters is 1. The van der Waals surface area contributed by atoms with E-state index in [-0.39, 0.29) is 21.5 Å². The highest BCUT2D eigenvalue weighted by Crippen LogP contribution is 2.35. The smallest absolute Gasteiger partial charge is 0.338 e. The highest BCUT2D eigenvalue weighted by Gasteiger charge is 2.32. The van der Waals surface area contributed by atoms with Crippen LogP contribution in [0.2, 0.25) is 5.02 Å². The Bertz CT molecular complexity index is 1090. The number of benzene rings is 2. The number of anilines is 1. The molecular weight excluding hydrogens is 440 g/mol. The van der Waals surface area contributed by atoms with Crippen molar-refractivity contribution in [1.29, 1.82) is 0 Å². The molecule has 1 aliphatic rings. The molecule has 3 rings (SSSR count). The summed E-state index contributed by atoms with van der Waals surface area (Å²) in [4.78, 5) is 24.2. The Labute approximate surface area is 187 Å². The van der Waals surface area contributed by atoms with E-state index in [2.05, 4.69) is 5.32 Å². The Morgan fingerprint density at radius 1 is 1.23 bits per heavy atom. The topological polar surface area (TPSA) is 92.8 Å². The first-order chi connectivity index (χ1) is 14.7. The summed E-state index contributed by atoms with van der Waals surface area (Å²) in [6.07, 6.45) is 2.34. The Kier molecular flexibility index (Phi) is 7.23. The van der Waals surface area contributed by atoms with Crippen molar-refractivity contribution in [2.24, 2.45) is 0 Å². The zero-order valence-electron chi connectivity index (χ0n) is 17.4. The van der Waals surface area contributed by atoms with E-state index in [1.807, 2.05) is 26.0 Å². The second kappa shape index (κ2) is 9.70. The molecule has 0 spiro atoms. The van der Waals surface area contributed by atoms with Crippen LogP contribution in [0.5, 0.6) is 0 Å². The number of para-hydroxylation sites is 1. The molecule has 31 heavy (non-hydrogen) atoms. The Morgan fingerprint density at radius 3 is 2.71 bits per heavy atom. The van der Waals surface area contributed by atoms with Crippen molar-refractivity contribution in [2.45, 2.75) is 44.0 Å². The first-order valence-corrected chi connectivity index (χ1v) is 11.9. The number of carbonyl (C=O) groups excluding carboxylic acids is 2. The minimum absolute atomic E-state index is 0.00450. The Hall–Kier alpha value is -2.58.